The minimum atomic E-state index is -0.192. The van der Waals surface area contributed by atoms with Gasteiger partial charge in [-0.2, -0.15) is 0 Å². The predicted molar refractivity (Wildman–Crippen MR) is 83.7 cm³/mol. The molecule has 2 N–H and O–H groups in total. The lowest BCUT2D eigenvalue weighted by Gasteiger charge is -2.13. The quantitative estimate of drug-likeness (QED) is 0.682. The highest BCUT2D eigenvalue weighted by atomic mass is 16.5. The number of nitrogens with one attached hydrogen (secondary N) is 2. The summed E-state index contributed by atoms with van der Waals surface area (Å²) in [5.74, 6) is 0.983. The summed E-state index contributed by atoms with van der Waals surface area (Å²) in [6, 6.07) is 6.10. The summed E-state index contributed by atoms with van der Waals surface area (Å²) in [5.41, 5.74) is 1.10. The summed E-state index contributed by atoms with van der Waals surface area (Å²) < 4.78 is 10.8. The van der Waals surface area contributed by atoms with Gasteiger partial charge in [-0.3, -0.25) is 4.79 Å². The van der Waals surface area contributed by atoms with Crippen molar-refractivity contribution in [2.75, 3.05) is 20.3 Å². The zero-order chi connectivity index (χ0) is 15.7. The molecular formula is C16H24N2O3. The fraction of sp³-hybridized carbons (Fsp3) is 0.438. The normalized spacial score (nSPS) is 10.3. The topological polar surface area (TPSA) is 59.6 Å². The van der Waals surface area contributed by atoms with Crippen LogP contribution >= 0.6 is 0 Å². The summed E-state index contributed by atoms with van der Waals surface area (Å²) >= 11 is 0. The number of hydrogen-bond acceptors (Lipinski definition) is 4. The van der Waals surface area contributed by atoms with Crippen molar-refractivity contribution in [1.82, 2.24) is 10.6 Å². The average Bonchev–Trinajstić information content (AvgIpc) is 2.48. The lowest BCUT2D eigenvalue weighted by Crippen LogP contribution is -2.28. The van der Waals surface area contributed by atoms with Gasteiger partial charge in [-0.1, -0.05) is 26.0 Å². The number of ether oxygens (including phenoxy) is 2. The Kier molecular flexibility index (Phi) is 7.32. The van der Waals surface area contributed by atoms with Gasteiger partial charge in [0.15, 0.2) is 18.1 Å². The Hall–Kier alpha value is -2.01. The van der Waals surface area contributed by atoms with Gasteiger partial charge in [-0.15, -0.1) is 6.58 Å². The zero-order valence-corrected chi connectivity index (χ0v) is 12.9. The van der Waals surface area contributed by atoms with Crippen LogP contribution in [0, 0.1) is 0 Å². The van der Waals surface area contributed by atoms with E-state index >= 15 is 0 Å². The molecule has 0 saturated heterocycles. The van der Waals surface area contributed by atoms with Crippen molar-refractivity contribution in [2.45, 2.75) is 26.4 Å². The molecule has 21 heavy (non-hydrogen) atoms. The Morgan fingerprint density at radius 1 is 1.38 bits per heavy atom. The molecule has 0 fully saturated rings. The van der Waals surface area contributed by atoms with Crippen molar-refractivity contribution in [2.24, 2.45) is 0 Å². The maximum absolute atomic E-state index is 11.5. The monoisotopic (exact) mass is 292 g/mol. The summed E-state index contributed by atoms with van der Waals surface area (Å²) in [6.07, 6.45) is 1.62. The molecule has 0 heterocycles. The maximum atomic E-state index is 11.5. The van der Waals surface area contributed by atoms with Crippen molar-refractivity contribution in [3.8, 4) is 11.5 Å². The van der Waals surface area contributed by atoms with Crippen molar-refractivity contribution in [3.63, 3.8) is 0 Å². The Bertz CT molecular complexity index is 473. The number of amides is 1. The first-order valence-corrected chi connectivity index (χ1v) is 6.97. The van der Waals surface area contributed by atoms with Crippen LogP contribution in [0.3, 0.4) is 0 Å². The molecule has 116 valence electrons. The van der Waals surface area contributed by atoms with E-state index in [-0.39, 0.29) is 12.5 Å². The van der Waals surface area contributed by atoms with Gasteiger partial charge < -0.3 is 20.1 Å². The highest BCUT2D eigenvalue weighted by Gasteiger charge is 2.08. The smallest absolute Gasteiger partial charge is 0.258 e. The first-order valence-electron chi connectivity index (χ1n) is 6.97. The molecule has 0 bridgehead atoms. The molecule has 5 heteroatoms. The molecule has 0 saturated carbocycles. The third-order valence-electron chi connectivity index (χ3n) is 2.74. The van der Waals surface area contributed by atoms with Crippen LogP contribution in [0.4, 0.5) is 0 Å². The molecule has 0 aliphatic heterocycles. The van der Waals surface area contributed by atoms with Crippen molar-refractivity contribution < 1.29 is 14.3 Å². The predicted octanol–water partition coefficient (Wildman–Crippen LogP) is 1.87. The molecule has 1 amide bonds. The van der Waals surface area contributed by atoms with E-state index < -0.39 is 0 Å². The molecule has 0 atom stereocenters. The van der Waals surface area contributed by atoms with Crippen LogP contribution in [0.25, 0.3) is 0 Å². The largest absolute Gasteiger partial charge is 0.493 e. The fourth-order valence-electron chi connectivity index (χ4n) is 1.64. The second kappa shape index (κ2) is 9.02. The molecule has 0 aliphatic rings. The molecule has 5 nitrogen and oxygen atoms in total. The number of hydrogen-bond donors (Lipinski definition) is 2. The van der Waals surface area contributed by atoms with Gasteiger partial charge in [0, 0.05) is 19.1 Å². The summed E-state index contributed by atoms with van der Waals surface area (Å²) in [5, 5.41) is 5.99. The van der Waals surface area contributed by atoms with Gasteiger partial charge in [0.2, 0.25) is 0 Å². The van der Waals surface area contributed by atoms with Crippen molar-refractivity contribution in [3.05, 3.63) is 36.4 Å². The van der Waals surface area contributed by atoms with Crippen LogP contribution in [0.5, 0.6) is 11.5 Å². The minimum Gasteiger partial charge on any atom is -0.493 e. The first kappa shape index (κ1) is 17.0. The summed E-state index contributed by atoms with van der Waals surface area (Å²) in [6.45, 7) is 8.86. The number of carbonyl (C=O) groups excluding carboxylic acids is 1. The van der Waals surface area contributed by atoms with E-state index in [9.17, 15) is 4.79 Å². The number of methoxy groups -OCH3 is 1. The lowest BCUT2D eigenvalue weighted by molar-refractivity contribution is -0.122. The maximum Gasteiger partial charge on any atom is 0.258 e. The molecular weight excluding hydrogens is 268 g/mol. The number of benzene rings is 1. The average molecular weight is 292 g/mol. The third-order valence-corrected chi connectivity index (χ3v) is 2.74. The number of rotatable bonds is 9. The minimum absolute atomic E-state index is 0.0478. The molecule has 1 rings (SSSR count). The van der Waals surface area contributed by atoms with Crippen LogP contribution in [0.15, 0.2) is 30.9 Å². The van der Waals surface area contributed by atoms with E-state index in [0.717, 1.165) is 12.1 Å². The Balaban J connectivity index is 2.61. The Morgan fingerprint density at radius 3 is 2.76 bits per heavy atom. The van der Waals surface area contributed by atoms with Gasteiger partial charge >= 0.3 is 0 Å². The molecule has 0 aromatic heterocycles. The molecule has 0 aliphatic carbocycles. The number of carbonyl (C=O) groups is 1. The van der Waals surface area contributed by atoms with Gasteiger partial charge in [0.25, 0.3) is 5.91 Å². The van der Waals surface area contributed by atoms with Crippen LogP contribution in [-0.2, 0) is 11.3 Å². The van der Waals surface area contributed by atoms with Crippen LogP contribution in [0.2, 0.25) is 0 Å². The van der Waals surface area contributed by atoms with Crippen molar-refractivity contribution in [1.29, 1.82) is 0 Å². The fourth-order valence-corrected chi connectivity index (χ4v) is 1.64. The summed E-state index contributed by atoms with van der Waals surface area (Å²) in [4.78, 5) is 11.5. The van der Waals surface area contributed by atoms with Gasteiger partial charge in [0.05, 0.1) is 7.11 Å². The van der Waals surface area contributed by atoms with Crippen molar-refractivity contribution >= 4 is 5.91 Å². The van der Waals surface area contributed by atoms with E-state index in [2.05, 4.69) is 31.1 Å². The Morgan fingerprint density at radius 2 is 2.14 bits per heavy atom. The second-order valence-electron chi connectivity index (χ2n) is 4.90. The van der Waals surface area contributed by atoms with E-state index in [1.54, 1.807) is 13.2 Å². The molecule has 0 radical (unpaired) electrons. The Labute approximate surface area is 126 Å². The van der Waals surface area contributed by atoms with Crippen LogP contribution in [-0.4, -0.2) is 32.2 Å². The van der Waals surface area contributed by atoms with Crippen LogP contribution in [0.1, 0.15) is 19.4 Å². The standard InChI is InChI=1S/C16H24N2O3/c1-5-8-17-16(19)11-21-14-7-6-13(9-15(14)20-4)10-18-12(2)3/h5-7,9,12,18H,1,8,10-11H2,2-4H3,(H,17,19). The highest BCUT2D eigenvalue weighted by molar-refractivity contribution is 5.77. The molecule has 0 spiro atoms. The molecule has 0 unspecified atom stereocenters. The molecule has 1 aromatic carbocycles. The SMILES string of the molecule is C=CCNC(=O)COc1ccc(CNC(C)C)cc1OC. The zero-order valence-electron chi connectivity index (χ0n) is 12.9. The third kappa shape index (κ3) is 6.31. The van der Waals surface area contributed by atoms with E-state index in [4.69, 9.17) is 9.47 Å². The highest BCUT2D eigenvalue weighted by Crippen LogP contribution is 2.28. The molecule has 1 aromatic rings. The summed E-state index contributed by atoms with van der Waals surface area (Å²) in [7, 11) is 1.58. The van der Waals surface area contributed by atoms with Gasteiger partial charge in [0.1, 0.15) is 0 Å². The van der Waals surface area contributed by atoms with Gasteiger partial charge in [-0.25, -0.2) is 0 Å². The van der Waals surface area contributed by atoms with Gasteiger partial charge in [-0.05, 0) is 17.7 Å². The second-order valence-corrected chi connectivity index (χ2v) is 4.90. The van der Waals surface area contributed by atoms with E-state index in [1.807, 2.05) is 18.2 Å². The van der Waals surface area contributed by atoms with Crippen LogP contribution < -0.4 is 20.1 Å². The lowest BCUT2D eigenvalue weighted by atomic mass is 10.2. The van der Waals surface area contributed by atoms with E-state index in [1.165, 1.54) is 0 Å². The van der Waals surface area contributed by atoms with E-state index in [0.29, 0.717) is 24.1 Å². The first-order chi connectivity index (χ1) is 10.1.